The van der Waals surface area contributed by atoms with Gasteiger partial charge in [-0.25, -0.2) is 0 Å². The van der Waals surface area contributed by atoms with Crippen molar-refractivity contribution in [2.45, 2.75) is 10.1 Å². The molecule has 0 saturated carbocycles. The van der Waals surface area contributed by atoms with Crippen molar-refractivity contribution in [1.82, 2.24) is 0 Å². The Morgan fingerprint density at radius 2 is 2.21 bits per heavy atom. The van der Waals surface area contributed by atoms with Crippen LogP contribution >= 0.6 is 0 Å². The summed E-state index contributed by atoms with van der Waals surface area (Å²) in [6, 6.07) is 7.06. The molecule has 0 amide bonds. The zero-order valence-corrected chi connectivity index (χ0v) is 8.08. The van der Waals surface area contributed by atoms with Gasteiger partial charge in [0.1, 0.15) is 0 Å². The second-order valence-corrected chi connectivity index (χ2v) is 4.61. The van der Waals surface area contributed by atoms with Crippen molar-refractivity contribution < 1.29 is 14.1 Å². The van der Waals surface area contributed by atoms with Crippen LogP contribution in [0.5, 0.6) is 0 Å². The number of fused-ring (bicyclic) bond motifs is 1. The molecule has 0 aliphatic carbocycles. The highest BCUT2D eigenvalue weighted by atomic mass is 32.2. The molecular formula is C9H9NO3S. The Bertz CT molecular complexity index is 405. The lowest BCUT2D eigenvalue weighted by Crippen LogP contribution is -2.36. The van der Waals surface area contributed by atoms with Crippen LogP contribution in [-0.2, 0) is 15.6 Å². The highest BCUT2D eigenvalue weighted by Crippen LogP contribution is 2.25. The summed E-state index contributed by atoms with van der Waals surface area (Å²) in [5.74, 6) is -1.02. The van der Waals surface area contributed by atoms with Crippen LogP contribution in [0.25, 0.3) is 0 Å². The van der Waals surface area contributed by atoms with Gasteiger partial charge in [0, 0.05) is 6.54 Å². The lowest BCUT2D eigenvalue weighted by Gasteiger charge is -2.22. The third-order valence-electron chi connectivity index (χ3n) is 2.12. The average molecular weight is 211 g/mol. The molecule has 1 heterocycles. The van der Waals surface area contributed by atoms with E-state index in [4.69, 9.17) is 5.11 Å². The van der Waals surface area contributed by atoms with Crippen LogP contribution in [0.4, 0.5) is 5.69 Å². The number of carbonyl (C=O) groups is 1. The fraction of sp³-hybridized carbons (Fsp3) is 0.222. The molecule has 2 N–H and O–H groups in total. The zero-order chi connectivity index (χ0) is 10.1. The second kappa shape index (κ2) is 3.42. The molecule has 1 aromatic carbocycles. The molecule has 0 bridgehead atoms. The number of benzene rings is 1. The molecule has 0 aromatic heterocycles. The SMILES string of the molecule is O=C(O)[C@H]1CNc2ccccc2[S@@]1=O. The Morgan fingerprint density at radius 3 is 2.93 bits per heavy atom. The molecule has 0 saturated heterocycles. The maximum atomic E-state index is 11.7. The number of hydrogen-bond donors (Lipinski definition) is 2. The first-order valence-electron chi connectivity index (χ1n) is 4.16. The van der Waals surface area contributed by atoms with E-state index in [9.17, 15) is 9.00 Å². The quantitative estimate of drug-likeness (QED) is 0.716. The summed E-state index contributed by atoms with van der Waals surface area (Å²) in [6.07, 6.45) is 0. The first-order chi connectivity index (χ1) is 6.70. The topological polar surface area (TPSA) is 66.4 Å². The van der Waals surface area contributed by atoms with Crippen molar-refractivity contribution >= 4 is 22.5 Å². The standard InChI is InChI=1S/C9H9NO3S/c11-9(12)8-5-10-6-3-1-2-4-7(6)14(8)13/h1-4,8,10H,5H2,(H,11,12)/t8-,14+/m1/s1. The van der Waals surface area contributed by atoms with Gasteiger partial charge in [0.15, 0.2) is 5.25 Å². The van der Waals surface area contributed by atoms with E-state index in [1.807, 2.05) is 6.07 Å². The maximum Gasteiger partial charge on any atom is 0.321 e. The van der Waals surface area contributed by atoms with Gasteiger partial charge in [-0.2, -0.15) is 0 Å². The van der Waals surface area contributed by atoms with Crippen molar-refractivity contribution in [3.8, 4) is 0 Å². The molecule has 2 atom stereocenters. The van der Waals surface area contributed by atoms with Gasteiger partial charge in [-0.1, -0.05) is 12.1 Å². The molecular weight excluding hydrogens is 202 g/mol. The minimum absolute atomic E-state index is 0.221. The number of rotatable bonds is 1. The number of para-hydroxylation sites is 1. The Morgan fingerprint density at radius 1 is 1.50 bits per heavy atom. The molecule has 2 rings (SSSR count). The Kier molecular flexibility index (Phi) is 2.25. The van der Waals surface area contributed by atoms with E-state index < -0.39 is 22.0 Å². The molecule has 0 radical (unpaired) electrons. The third-order valence-corrected chi connectivity index (χ3v) is 3.79. The Hall–Kier alpha value is -1.36. The van der Waals surface area contributed by atoms with Gasteiger partial charge in [0.05, 0.1) is 21.4 Å². The summed E-state index contributed by atoms with van der Waals surface area (Å²) in [5.41, 5.74) is 0.767. The predicted molar refractivity (Wildman–Crippen MR) is 52.8 cm³/mol. The van der Waals surface area contributed by atoms with E-state index in [2.05, 4.69) is 5.32 Å². The van der Waals surface area contributed by atoms with Crippen molar-refractivity contribution in [2.75, 3.05) is 11.9 Å². The number of carboxylic acids is 1. The van der Waals surface area contributed by atoms with Gasteiger partial charge in [-0.15, -0.1) is 0 Å². The second-order valence-electron chi connectivity index (χ2n) is 3.00. The molecule has 1 aliphatic heterocycles. The molecule has 0 spiro atoms. The van der Waals surface area contributed by atoms with Gasteiger partial charge >= 0.3 is 5.97 Å². The molecule has 0 fully saturated rings. The zero-order valence-electron chi connectivity index (χ0n) is 7.27. The summed E-state index contributed by atoms with van der Waals surface area (Å²) >= 11 is 0. The van der Waals surface area contributed by atoms with E-state index in [0.29, 0.717) is 4.90 Å². The average Bonchev–Trinajstić information content (AvgIpc) is 2.18. The van der Waals surface area contributed by atoms with E-state index >= 15 is 0 Å². The summed E-state index contributed by atoms with van der Waals surface area (Å²) in [7, 11) is -1.45. The predicted octanol–water partition coefficient (Wildman–Crippen LogP) is 0.673. The molecule has 5 heteroatoms. The van der Waals surface area contributed by atoms with Crippen LogP contribution in [0, 0.1) is 0 Å². The van der Waals surface area contributed by atoms with Crippen molar-refractivity contribution in [1.29, 1.82) is 0 Å². The molecule has 14 heavy (non-hydrogen) atoms. The van der Waals surface area contributed by atoms with Crippen LogP contribution in [-0.4, -0.2) is 27.1 Å². The van der Waals surface area contributed by atoms with Gasteiger partial charge in [0.2, 0.25) is 0 Å². The largest absolute Gasteiger partial charge is 0.480 e. The van der Waals surface area contributed by atoms with Crippen molar-refractivity contribution in [3.63, 3.8) is 0 Å². The number of hydrogen-bond acceptors (Lipinski definition) is 3. The summed E-state index contributed by atoms with van der Waals surface area (Å²) < 4.78 is 11.7. The minimum atomic E-state index is -1.45. The first-order valence-corrected chi connectivity index (χ1v) is 5.38. The monoisotopic (exact) mass is 211 g/mol. The van der Waals surface area contributed by atoms with Gasteiger partial charge in [-0.05, 0) is 12.1 Å². The minimum Gasteiger partial charge on any atom is -0.480 e. The Balaban J connectivity index is 2.41. The lowest BCUT2D eigenvalue weighted by molar-refractivity contribution is -0.136. The number of aliphatic carboxylic acids is 1. The number of nitrogens with one attached hydrogen (secondary N) is 1. The number of anilines is 1. The fourth-order valence-electron chi connectivity index (χ4n) is 1.40. The summed E-state index contributed by atoms with van der Waals surface area (Å²) in [4.78, 5) is 11.3. The van der Waals surface area contributed by atoms with Crippen LogP contribution in [0.2, 0.25) is 0 Å². The van der Waals surface area contributed by atoms with E-state index in [-0.39, 0.29) is 6.54 Å². The van der Waals surface area contributed by atoms with Gasteiger partial charge in [0.25, 0.3) is 0 Å². The first kappa shape index (κ1) is 9.21. The van der Waals surface area contributed by atoms with Gasteiger partial charge < -0.3 is 10.4 Å². The van der Waals surface area contributed by atoms with Crippen LogP contribution in [0.15, 0.2) is 29.2 Å². The molecule has 1 aromatic rings. The highest BCUT2D eigenvalue weighted by Gasteiger charge is 2.30. The third kappa shape index (κ3) is 1.39. The lowest BCUT2D eigenvalue weighted by atomic mass is 10.3. The highest BCUT2D eigenvalue weighted by molar-refractivity contribution is 7.86. The maximum absolute atomic E-state index is 11.7. The van der Waals surface area contributed by atoms with E-state index in [0.717, 1.165) is 5.69 Å². The normalized spacial score (nSPS) is 24.9. The molecule has 74 valence electrons. The van der Waals surface area contributed by atoms with Crippen molar-refractivity contribution in [3.05, 3.63) is 24.3 Å². The Labute approximate surface area is 83.4 Å². The summed E-state index contributed by atoms with van der Waals surface area (Å²) in [6.45, 7) is 0.221. The van der Waals surface area contributed by atoms with Crippen molar-refractivity contribution in [2.24, 2.45) is 0 Å². The van der Waals surface area contributed by atoms with Crippen LogP contribution in [0.3, 0.4) is 0 Å². The van der Waals surface area contributed by atoms with E-state index in [1.165, 1.54) is 0 Å². The van der Waals surface area contributed by atoms with E-state index in [1.54, 1.807) is 18.2 Å². The number of carboxylic acid groups (broad SMARTS) is 1. The van der Waals surface area contributed by atoms with Crippen LogP contribution < -0.4 is 5.32 Å². The molecule has 1 aliphatic rings. The van der Waals surface area contributed by atoms with Crippen LogP contribution in [0.1, 0.15) is 0 Å². The smallest absolute Gasteiger partial charge is 0.321 e. The molecule has 4 nitrogen and oxygen atoms in total. The fourth-order valence-corrected chi connectivity index (χ4v) is 2.69. The molecule has 0 unspecified atom stereocenters. The summed E-state index contributed by atoms with van der Waals surface area (Å²) in [5, 5.41) is 10.9. The van der Waals surface area contributed by atoms with Gasteiger partial charge in [-0.3, -0.25) is 9.00 Å².